The van der Waals surface area contributed by atoms with Crippen LogP contribution in [0.3, 0.4) is 0 Å². The van der Waals surface area contributed by atoms with Crippen LogP contribution in [0.15, 0.2) is 44.1 Å². The number of halogens is 1. The van der Waals surface area contributed by atoms with Gasteiger partial charge in [0.05, 0.1) is 17.1 Å². The Kier molecular flexibility index (Phi) is 24.7. The Balaban J connectivity index is -0.000000419. The number of carbonyl (C=O) groups is 1. The summed E-state index contributed by atoms with van der Waals surface area (Å²) in [4.78, 5) is 37.2. The maximum absolute atomic E-state index is 12.0. The predicted octanol–water partition coefficient (Wildman–Crippen LogP) is 2.65. The van der Waals surface area contributed by atoms with Gasteiger partial charge in [-0.2, -0.15) is 0 Å². The average Bonchev–Trinajstić information content (AvgIpc) is 3.17. The van der Waals surface area contributed by atoms with Crippen molar-refractivity contribution in [1.82, 2.24) is 9.55 Å². The molecule has 170 valence electrons. The first-order valence-electron chi connectivity index (χ1n) is 8.15. The van der Waals surface area contributed by atoms with Crippen molar-refractivity contribution in [3.05, 3.63) is 82.7 Å². The Morgan fingerprint density at radius 2 is 1.81 bits per heavy atom. The van der Waals surface area contributed by atoms with E-state index in [9.17, 15) is 14.4 Å². The number of H-pyrrole nitrogens is 1. The number of nitrogens with one attached hydrogen (secondary N) is 1. The summed E-state index contributed by atoms with van der Waals surface area (Å²) in [7, 11) is 0. The number of hydrogen-bond donors (Lipinski definition) is 1. The van der Waals surface area contributed by atoms with Crippen LogP contribution in [0.25, 0.3) is 0 Å². The van der Waals surface area contributed by atoms with Gasteiger partial charge < -0.3 is 12.2 Å². The molecule has 1 heterocycles. The third kappa shape index (κ3) is 11.7. The van der Waals surface area contributed by atoms with Gasteiger partial charge in [0.1, 0.15) is 0 Å². The number of aromatic amines is 1. The second-order valence-corrected chi connectivity index (χ2v) is 6.16. The molecule has 2 atom stereocenters. The molecule has 0 amide bonds. The summed E-state index contributed by atoms with van der Waals surface area (Å²) in [6.45, 7) is 17.7. The van der Waals surface area contributed by atoms with Crippen molar-refractivity contribution in [2.45, 2.75) is 32.7 Å². The van der Waals surface area contributed by atoms with Crippen LogP contribution in [-0.2, 0) is 40.6 Å². The molecule has 2 rings (SSSR count). The molecule has 9 nitrogen and oxygen atoms in total. The zero-order chi connectivity index (χ0) is 23.0. The van der Waals surface area contributed by atoms with Crippen molar-refractivity contribution in [1.29, 1.82) is 0 Å². The Morgan fingerprint density at radius 3 is 2.29 bits per heavy atom. The monoisotopic (exact) mass is 537 g/mol. The fourth-order valence-corrected chi connectivity index (χ4v) is 3.02. The number of carbonyl (C=O) groups excluding carboxylic acids is 1. The number of nitrogens with zero attached hydrogens (tertiary/aromatic N) is 1. The van der Waals surface area contributed by atoms with Crippen LogP contribution in [0.2, 0.25) is 0 Å². The molecule has 31 heavy (non-hydrogen) atoms. The Morgan fingerprint density at radius 1 is 1.26 bits per heavy atom. The number of esters is 1. The number of aromatic nitrogens is 2. The van der Waals surface area contributed by atoms with E-state index in [-0.39, 0.29) is 42.4 Å². The van der Waals surface area contributed by atoms with E-state index in [4.69, 9.17) is 18.7 Å². The van der Waals surface area contributed by atoms with Gasteiger partial charge in [-0.1, -0.05) is 19.1 Å². The first-order valence-corrected chi connectivity index (χ1v) is 8.94. The molecule has 0 spiro atoms. The number of allylic oxidation sites excluding steroid dienone is 3. The van der Waals surface area contributed by atoms with E-state index in [2.05, 4.69) is 47.8 Å². The fraction of sp³-hybridized carbons (Fsp3) is 0.350. The van der Waals surface area contributed by atoms with E-state index in [0.29, 0.717) is 11.1 Å². The van der Waals surface area contributed by atoms with E-state index in [1.807, 2.05) is 6.08 Å². The van der Waals surface area contributed by atoms with Crippen LogP contribution in [0.1, 0.15) is 32.7 Å². The molecule has 1 N–H and O–H groups in total. The molecule has 1 aromatic heterocycles. The van der Waals surface area contributed by atoms with Gasteiger partial charge in [0.2, 0.25) is 0 Å². The number of rotatable bonds is 5. The number of ether oxygens (including phenoxy) is 1. The topological polar surface area (TPSA) is 141 Å². The summed E-state index contributed by atoms with van der Waals surface area (Å²) in [6.07, 6.45) is 8.26. The van der Waals surface area contributed by atoms with Crippen LogP contribution >= 0.6 is 15.9 Å². The molecule has 11 heteroatoms. The Bertz CT molecular complexity index is 883. The van der Waals surface area contributed by atoms with Crippen LogP contribution < -0.4 is 11.2 Å². The van der Waals surface area contributed by atoms with Crippen molar-refractivity contribution < 1.29 is 40.6 Å². The molecular formula is C20H22BrFeN2O7-. The van der Waals surface area contributed by atoms with E-state index >= 15 is 0 Å². The molecule has 0 bridgehead atoms. The summed E-state index contributed by atoms with van der Waals surface area (Å²) in [5.41, 5.74) is 0.118. The minimum atomic E-state index is -0.442. The van der Waals surface area contributed by atoms with Crippen molar-refractivity contribution in [3.8, 4) is 0 Å². The first kappa shape index (κ1) is 36.2. The zero-order valence-electron chi connectivity index (χ0n) is 17.1. The minimum Gasteiger partial charge on any atom is -0.358 e. The quantitative estimate of drug-likeness (QED) is 0.202. The molecule has 1 aliphatic carbocycles. The van der Waals surface area contributed by atoms with Crippen molar-refractivity contribution in [2.75, 3.05) is 6.61 Å². The average molecular weight is 538 g/mol. The van der Waals surface area contributed by atoms with Gasteiger partial charge >= 0.3 is 45.6 Å². The smallest absolute Gasteiger partial charge is 0 e. The van der Waals surface area contributed by atoms with Crippen LogP contribution in [0, 0.1) is 33.3 Å². The van der Waals surface area contributed by atoms with Gasteiger partial charge in [-0.15, -0.1) is 0 Å². The van der Waals surface area contributed by atoms with Gasteiger partial charge in [0.25, 0.3) is 5.56 Å². The molecule has 0 saturated heterocycles. The second-order valence-electron chi connectivity index (χ2n) is 5.30. The normalized spacial score (nSPS) is 15.6. The van der Waals surface area contributed by atoms with Crippen LogP contribution in [0.4, 0.5) is 0 Å². The van der Waals surface area contributed by atoms with E-state index in [1.165, 1.54) is 16.8 Å². The first-order chi connectivity index (χ1) is 14.0. The van der Waals surface area contributed by atoms with Crippen LogP contribution in [-0.4, -0.2) is 22.1 Å². The maximum Gasteiger partial charge on any atom is 0 e. The molecule has 0 aliphatic heterocycles. The summed E-state index contributed by atoms with van der Waals surface area (Å²) in [5, 5.41) is 0. The Labute approximate surface area is 199 Å². The molecule has 1 aliphatic rings. The molecule has 0 unspecified atom stereocenters. The third-order valence-corrected chi connectivity index (χ3v) is 4.42. The number of hydrogen-bond acceptors (Lipinski definition) is 4. The SMILES string of the molecule is CCOC(=O)C=CC1=C[C@H](n2cc(Br)c(=O)[nH]c2=O)C[C@@H]1CC.[C-]#[O+].[C-]#[O+].[C-]#[O+].[CH3-].[Fe]. The predicted molar refractivity (Wildman–Crippen MR) is 109 cm³/mol. The van der Waals surface area contributed by atoms with Gasteiger partial charge in [0, 0.05) is 29.3 Å². The van der Waals surface area contributed by atoms with Gasteiger partial charge in [-0.3, -0.25) is 14.3 Å². The second kappa shape index (κ2) is 21.1. The van der Waals surface area contributed by atoms with E-state index in [0.717, 1.165) is 18.4 Å². The van der Waals surface area contributed by atoms with Crippen LogP contribution in [0.5, 0.6) is 0 Å². The molecule has 1 aromatic rings. The van der Waals surface area contributed by atoms with Crippen molar-refractivity contribution in [2.24, 2.45) is 5.92 Å². The molecule has 0 aromatic carbocycles. The zero-order valence-corrected chi connectivity index (χ0v) is 19.8. The largest absolute Gasteiger partial charge is 0.358 e. The molecule has 0 fully saturated rings. The van der Waals surface area contributed by atoms with Crippen molar-refractivity contribution in [3.63, 3.8) is 0 Å². The van der Waals surface area contributed by atoms with E-state index < -0.39 is 11.2 Å². The van der Waals surface area contributed by atoms with E-state index in [1.54, 1.807) is 13.0 Å². The summed E-state index contributed by atoms with van der Waals surface area (Å²) in [6, 6.07) is -0.151. The maximum atomic E-state index is 12.0. The molecular weight excluding hydrogens is 516 g/mol. The van der Waals surface area contributed by atoms with Gasteiger partial charge in [-0.05, 0) is 47.2 Å². The molecule has 0 saturated carbocycles. The van der Waals surface area contributed by atoms with Gasteiger partial charge in [0.15, 0.2) is 0 Å². The molecule has 0 radical (unpaired) electrons. The van der Waals surface area contributed by atoms with Gasteiger partial charge in [-0.25, -0.2) is 9.59 Å². The summed E-state index contributed by atoms with van der Waals surface area (Å²) >= 11 is 3.14. The standard InChI is InChI=1S/C16H19BrN2O4.3CO.CH3.Fe/c1-3-10-7-12(8-11(10)5-6-14(20)23-4-2)19-9-13(17)15(21)18-16(19)22;3*1-2;;/h5-6,8-10,12H,3-4,7H2,1-2H3,(H,18,21,22);;;;1H3;/q;;;;-1;/t10-,12+;;;;;/m0...../s1. The summed E-state index contributed by atoms with van der Waals surface area (Å²) in [5.74, 6) is -0.126. The minimum absolute atomic E-state index is 0. The summed E-state index contributed by atoms with van der Waals surface area (Å²) < 4.78 is 29.2. The van der Waals surface area contributed by atoms with Crippen molar-refractivity contribution >= 4 is 21.9 Å². The Hall–Kier alpha value is -2.15. The third-order valence-electron chi connectivity index (χ3n) is 3.86. The fourth-order valence-electron chi connectivity index (χ4n) is 2.70.